The average molecular weight is 557 g/mol. The molecule has 13 nitrogen and oxygen atoms in total. The lowest BCUT2D eigenvalue weighted by Gasteiger charge is -2.38. The smallest absolute Gasteiger partial charge is 0.408 e. The minimum absolute atomic E-state index is 0.0900. The van der Waals surface area contributed by atoms with Crippen LogP contribution in [0, 0.1) is 0 Å². The third-order valence-electron chi connectivity index (χ3n) is 5.87. The Balaban J connectivity index is 1.55. The number of anilines is 1. The van der Waals surface area contributed by atoms with Gasteiger partial charge in [0, 0.05) is 32.4 Å². The Morgan fingerprint density at radius 3 is 2.12 bits per heavy atom. The molecule has 2 heterocycles. The molecule has 1 aromatic heterocycles. The first-order chi connectivity index (χ1) is 18.7. The summed E-state index contributed by atoms with van der Waals surface area (Å²) < 4.78 is 12.0. The van der Waals surface area contributed by atoms with Gasteiger partial charge < -0.3 is 24.6 Å². The number of aldehydes is 1. The van der Waals surface area contributed by atoms with Crippen molar-refractivity contribution in [3.63, 3.8) is 0 Å². The molecule has 2 aromatic rings. The molecular formula is C27H36N6O7. The van der Waals surface area contributed by atoms with Gasteiger partial charge in [-0.3, -0.25) is 19.5 Å². The Morgan fingerprint density at radius 1 is 0.975 bits per heavy atom. The van der Waals surface area contributed by atoms with Gasteiger partial charge in [0.15, 0.2) is 12.4 Å². The van der Waals surface area contributed by atoms with Gasteiger partial charge >= 0.3 is 17.8 Å². The molecule has 0 aliphatic carbocycles. The molecule has 0 saturated carbocycles. The minimum atomic E-state index is -1.19. The van der Waals surface area contributed by atoms with E-state index in [4.69, 9.17) is 9.47 Å². The molecule has 3 rings (SSSR count). The van der Waals surface area contributed by atoms with E-state index in [1.807, 2.05) is 0 Å². The van der Waals surface area contributed by atoms with Gasteiger partial charge in [-0.25, -0.2) is 14.4 Å². The van der Waals surface area contributed by atoms with Gasteiger partial charge in [0.1, 0.15) is 22.7 Å². The average Bonchev–Trinajstić information content (AvgIpc) is 2.87. The number of aromatic nitrogens is 2. The Morgan fingerprint density at radius 2 is 1.57 bits per heavy atom. The first-order valence-electron chi connectivity index (χ1n) is 12.9. The van der Waals surface area contributed by atoms with Crippen LogP contribution in [0.15, 0.2) is 41.3 Å². The van der Waals surface area contributed by atoms with Crippen LogP contribution in [0.1, 0.15) is 41.5 Å². The van der Waals surface area contributed by atoms with Crippen molar-refractivity contribution in [2.24, 2.45) is 0 Å². The molecule has 1 atom stereocenters. The van der Waals surface area contributed by atoms with Crippen molar-refractivity contribution in [2.45, 2.75) is 58.8 Å². The molecule has 1 aromatic carbocycles. The highest BCUT2D eigenvalue weighted by Crippen LogP contribution is 2.17. The lowest BCUT2D eigenvalue weighted by atomic mass is 10.0. The van der Waals surface area contributed by atoms with Gasteiger partial charge in [0.2, 0.25) is 5.91 Å². The molecule has 13 heteroatoms. The normalized spacial score (nSPS) is 14.7. The molecule has 40 heavy (non-hydrogen) atoms. The van der Waals surface area contributed by atoms with Crippen molar-refractivity contribution in [2.75, 3.05) is 31.5 Å². The highest BCUT2D eigenvalue weighted by atomic mass is 16.6. The fraction of sp³-hybridized carbons (Fsp3) is 0.481. The zero-order valence-electron chi connectivity index (χ0n) is 23.6. The molecule has 1 unspecified atom stereocenters. The summed E-state index contributed by atoms with van der Waals surface area (Å²) in [7, 11) is 0. The summed E-state index contributed by atoms with van der Waals surface area (Å²) in [5, 5.41) is 5.23. The number of rotatable bonds is 7. The lowest BCUT2D eigenvalue weighted by molar-refractivity contribution is -0.138. The number of ether oxygens (including phenoxy) is 2. The van der Waals surface area contributed by atoms with Crippen molar-refractivity contribution < 1.29 is 28.7 Å². The number of nitrogens with one attached hydrogen (secondary N) is 2. The van der Waals surface area contributed by atoms with E-state index in [1.54, 1.807) is 70.7 Å². The summed E-state index contributed by atoms with van der Waals surface area (Å²) in [6, 6.07) is 7.63. The quantitative estimate of drug-likeness (QED) is 0.493. The first kappa shape index (κ1) is 30.1. The fourth-order valence-corrected chi connectivity index (χ4v) is 3.91. The van der Waals surface area contributed by atoms with Crippen molar-refractivity contribution in [3.05, 3.63) is 47.0 Å². The van der Waals surface area contributed by atoms with Crippen LogP contribution in [-0.2, 0) is 14.3 Å². The third kappa shape index (κ3) is 8.04. The van der Waals surface area contributed by atoms with Crippen LogP contribution in [0.4, 0.5) is 15.4 Å². The molecule has 1 saturated heterocycles. The van der Waals surface area contributed by atoms with Crippen LogP contribution in [0.5, 0.6) is 5.75 Å². The second kappa shape index (κ2) is 12.2. The molecule has 1 aliphatic rings. The van der Waals surface area contributed by atoms with Crippen molar-refractivity contribution in [1.82, 2.24) is 24.7 Å². The standard InChI is InChI=1S/C27H36N6O7/c1-18(17-34)39-20-9-7-19(8-10-20)33-12-11-21(29-24(33)37)28-23(36)32-15-13-31(14-16-32)22(35)27(5,6)30-25(38)40-26(2,3)4/h7-12,17-18H,13-16H2,1-6H3,(H,30,38)(H,28,29,36,37). The maximum atomic E-state index is 13.0. The minimum Gasteiger partial charge on any atom is -0.483 e. The predicted molar refractivity (Wildman–Crippen MR) is 147 cm³/mol. The van der Waals surface area contributed by atoms with Crippen LogP contribution >= 0.6 is 0 Å². The van der Waals surface area contributed by atoms with E-state index in [1.165, 1.54) is 21.7 Å². The first-order valence-corrected chi connectivity index (χ1v) is 12.9. The summed E-state index contributed by atoms with van der Waals surface area (Å²) in [6.07, 6.45) is 0.899. The number of amides is 4. The zero-order valence-corrected chi connectivity index (χ0v) is 23.6. The van der Waals surface area contributed by atoms with E-state index >= 15 is 0 Å². The molecule has 1 fully saturated rings. The van der Waals surface area contributed by atoms with Gasteiger partial charge in [0.05, 0.1) is 5.69 Å². The zero-order chi connectivity index (χ0) is 29.7. The Labute approximate surface area is 232 Å². The monoisotopic (exact) mass is 556 g/mol. The molecule has 216 valence electrons. The molecule has 2 N–H and O–H groups in total. The van der Waals surface area contributed by atoms with E-state index in [0.717, 1.165) is 0 Å². The fourth-order valence-electron chi connectivity index (χ4n) is 3.91. The Bertz CT molecular complexity index is 1290. The maximum absolute atomic E-state index is 13.0. The Hall–Kier alpha value is -4.42. The van der Waals surface area contributed by atoms with Gasteiger partial charge in [0.25, 0.3) is 0 Å². The second-order valence-electron chi connectivity index (χ2n) is 10.9. The lowest BCUT2D eigenvalue weighted by Crippen LogP contribution is -2.60. The molecule has 1 aliphatic heterocycles. The maximum Gasteiger partial charge on any atom is 0.408 e. The van der Waals surface area contributed by atoms with E-state index in [-0.39, 0.29) is 37.9 Å². The van der Waals surface area contributed by atoms with Crippen LogP contribution in [0.25, 0.3) is 5.69 Å². The SMILES string of the molecule is CC(C=O)Oc1ccc(-n2ccc(NC(=O)N3CCN(C(=O)C(C)(C)NC(=O)OC(C)(C)C)CC3)nc2=O)cc1. The second-order valence-corrected chi connectivity index (χ2v) is 10.9. The van der Waals surface area contributed by atoms with Crippen molar-refractivity contribution in [3.8, 4) is 11.4 Å². The summed E-state index contributed by atoms with van der Waals surface area (Å²) in [4.78, 5) is 68.4. The van der Waals surface area contributed by atoms with Crippen LogP contribution < -0.4 is 21.1 Å². The molecule has 0 spiro atoms. The Kier molecular flexibility index (Phi) is 9.17. The summed E-state index contributed by atoms with van der Waals surface area (Å²) in [6.45, 7) is 11.1. The summed E-state index contributed by atoms with van der Waals surface area (Å²) >= 11 is 0. The van der Waals surface area contributed by atoms with Gasteiger partial charge in [-0.1, -0.05) is 0 Å². The number of carbonyl (C=O) groups is 4. The number of benzene rings is 1. The van der Waals surface area contributed by atoms with Crippen molar-refractivity contribution >= 4 is 30.1 Å². The van der Waals surface area contributed by atoms with Gasteiger partial charge in [-0.05, 0) is 71.9 Å². The number of hydrogen-bond acceptors (Lipinski definition) is 8. The highest BCUT2D eigenvalue weighted by Gasteiger charge is 2.36. The number of urea groups is 1. The number of nitrogens with zero attached hydrogens (tertiary/aromatic N) is 4. The molecular weight excluding hydrogens is 520 g/mol. The van der Waals surface area contributed by atoms with E-state index in [9.17, 15) is 24.0 Å². The predicted octanol–water partition coefficient (Wildman–Crippen LogP) is 2.18. The topological polar surface area (TPSA) is 152 Å². The van der Waals surface area contributed by atoms with Crippen LogP contribution in [-0.4, -0.2) is 87.1 Å². The summed E-state index contributed by atoms with van der Waals surface area (Å²) in [5.74, 6) is 0.284. The molecule has 4 amide bonds. The number of carbonyl (C=O) groups excluding carboxylic acids is 4. The highest BCUT2D eigenvalue weighted by molar-refractivity contribution is 5.90. The largest absolute Gasteiger partial charge is 0.483 e. The van der Waals surface area contributed by atoms with E-state index in [0.29, 0.717) is 17.7 Å². The van der Waals surface area contributed by atoms with E-state index in [2.05, 4.69) is 15.6 Å². The van der Waals surface area contributed by atoms with Gasteiger partial charge in [-0.2, -0.15) is 4.98 Å². The number of alkyl carbamates (subject to hydrolysis) is 1. The number of piperazine rings is 1. The molecule has 0 radical (unpaired) electrons. The number of hydrogen-bond donors (Lipinski definition) is 2. The van der Waals surface area contributed by atoms with Crippen LogP contribution in [0.2, 0.25) is 0 Å². The summed E-state index contributed by atoms with van der Waals surface area (Å²) in [5.41, 5.74) is -1.95. The van der Waals surface area contributed by atoms with Crippen LogP contribution in [0.3, 0.4) is 0 Å². The third-order valence-corrected chi connectivity index (χ3v) is 5.87. The molecule has 0 bridgehead atoms. The van der Waals surface area contributed by atoms with Crippen molar-refractivity contribution in [1.29, 1.82) is 0 Å². The van der Waals surface area contributed by atoms with Gasteiger partial charge in [-0.15, -0.1) is 0 Å². The van der Waals surface area contributed by atoms with E-state index < -0.39 is 35.1 Å².